The summed E-state index contributed by atoms with van der Waals surface area (Å²) in [6.45, 7) is 1.81. The van der Waals surface area contributed by atoms with Gasteiger partial charge in [0, 0.05) is 34.5 Å². The SMILES string of the molecule is CNc1nc(C(C)NC(=O)c2cc(Cl)cc(Br)c2)n(-c2ncccn2)n1. The first kappa shape index (κ1) is 18.3. The molecule has 0 aliphatic carbocycles. The molecule has 0 fully saturated rings. The summed E-state index contributed by atoms with van der Waals surface area (Å²) in [4.78, 5) is 25.3. The second-order valence-electron chi connectivity index (χ2n) is 5.36. The molecule has 3 aromatic rings. The maximum Gasteiger partial charge on any atom is 0.252 e. The summed E-state index contributed by atoms with van der Waals surface area (Å²) >= 11 is 9.35. The third-order valence-corrected chi connectivity index (χ3v) is 4.13. The van der Waals surface area contributed by atoms with Crippen LogP contribution in [0.3, 0.4) is 0 Å². The van der Waals surface area contributed by atoms with Crippen LogP contribution in [0.2, 0.25) is 5.02 Å². The van der Waals surface area contributed by atoms with Crippen LogP contribution < -0.4 is 10.6 Å². The molecule has 1 amide bonds. The predicted octanol–water partition coefficient (Wildman–Crippen LogP) is 3.01. The van der Waals surface area contributed by atoms with Crippen LogP contribution in [0.5, 0.6) is 0 Å². The van der Waals surface area contributed by atoms with E-state index in [4.69, 9.17) is 11.6 Å². The highest BCUT2D eigenvalue weighted by Crippen LogP contribution is 2.21. The highest BCUT2D eigenvalue weighted by molar-refractivity contribution is 9.10. The van der Waals surface area contributed by atoms with E-state index in [1.54, 1.807) is 50.6 Å². The lowest BCUT2D eigenvalue weighted by atomic mass is 10.2. The number of aromatic nitrogens is 5. The summed E-state index contributed by atoms with van der Waals surface area (Å²) < 4.78 is 2.21. The van der Waals surface area contributed by atoms with Gasteiger partial charge < -0.3 is 10.6 Å². The van der Waals surface area contributed by atoms with E-state index < -0.39 is 6.04 Å². The normalized spacial score (nSPS) is 11.8. The Balaban J connectivity index is 1.89. The van der Waals surface area contributed by atoms with Crippen molar-refractivity contribution in [1.29, 1.82) is 0 Å². The molecule has 26 heavy (non-hydrogen) atoms. The maximum absolute atomic E-state index is 12.6. The zero-order valence-corrected chi connectivity index (χ0v) is 16.3. The Morgan fingerprint density at radius 3 is 2.65 bits per heavy atom. The average molecular weight is 437 g/mol. The van der Waals surface area contributed by atoms with Crippen LogP contribution in [0.15, 0.2) is 41.1 Å². The smallest absolute Gasteiger partial charge is 0.252 e. The Morgan fingerprint density at radius 1 is 1.27 bits per heavy atom. The van der Waals surface area contributed by atoms with Gasteiger partial charge in [-0.05, 0) is 31.2 Å². The number of nitrogens with one attached hydrogen (secondary N) is 2. The molecule has 8 nitrogen and oxygen atoms in total. The number of hydrogen-bond donors (Lipinski definition) is 2. The van der Waals surface area contributed by atoms with Crippen LogP contribution in [0.4, 0.5) is 5.95 Å². The van der Waals surface area contributed by atoms with Gasteiger partial charge in [-0.2, -0.15) is 9.67 Å². The van der Waals surface area contributed by atoms with Crippen LogP contribution in [-0.4, -0.2) is 37.7 Å². The number of hydrogen-bond acceptors (Lipinski definition) is 6. The van der Waals surface area contributed by atoms with Crippen LogP contribution >= 0.6 is 27.5 Å². The summed E-state index contributed by atoms with van der Waals surface area (Å²) in [5.74, 6) is 0.979. The number of amides is 1. The van der Waals surface area contributed by atoms with Crippen molar-refractivity contribution < 1.29 is 4.79 Å². The van der Waals surface area contributed by atoms with Gasteiger partial charge in [0.1, 0.15) is 0 Å². The zero-order valence-electron chi connectivity index (χ0n) is 13.9. The summed E-state index contributed by atoms with van der Waals surface area (Å²) in [5.41, 5.74) is 0.437. The fourth-order valence-electron chi connectivity index (χ4n) is 2.29. The summed E-state index contributed by atoms with van der Waals surface area (Å²) in [6.07, 6.45) is 3.22. The van der Waals surface area contributed by atoms with E-state index in [1.165, 1.54) is 4.68 Å². The summed E-state index contributed by atoms with van der Waals surface area (Å²) in [6, 6.07) is 6.26. The largest absolute Gasteiger partial charge is 0.356 e. The maximum atomic E-state index is 12.6. The molecule has 1 atom stereocenters. The molecule has 0 saturated carbocycles. The van der Waals surface area contributed by atoms with E-state index >= 15 is 0 Å². The molecule has 0 spiro atoms. The van der Waals surface area contributed by atoms with Crippen LogP contribution in [-0.2, 0) is 0 Å². The van der Waals surface area contributed by atoms with E-state index in [0.29, 0.717) is 28.3 Å². The van der Waals surface area contributed by atoms with Crippen molar-refractivity contribution in [2.24, 2.45) is 0 Å². The Bertz CT molecular complexity index is 911. The van der Waals surface area contributed by atoms with E-state index in [9.17, 15) is 4.79 Å². The third kappa shape index (κ3) is 4.00. The molecule has 0 bridgehead atoms. The van der Waals surface area contributed by atoms with Crippen LogP contribution in [0.1, 0.15) is 29.1 Å². The number of carbonyl (C=O) groups is 1. The first-order chi connectivity index (χ1) is 12.5. The highest BCUT2D eigenvalue weighted by Gasteiger charge is 2.21. The molecular formula is C16H15BrClN7O. The van der Waals surface area contributed by atoms with E-state index in [2.05, 4.69) is 46.6 Å². The van der Waals surface area contributed by atoms with Crippen molar-refractivity contribution in [2.45, 2.75) is 13.0 Å². The monoisotopic (exact) mass is 435 g/mol. The molecular weight excluding hydrogens is 422 g/mol. The fourth-order valence-corrected chi connectivity index (χ4v) is 3.15. The molecule has 3 rings (SSSR count). The zero-order chi connectivity index (χ0) is 18.7. The molecule has 0 radical (unpaired) electrons. The second kappa shape index (κ2) is 7.79. The third-order valence-electron chi connectivity index (χ3n) is 3.46. The minimum absolute atomic E-state index is 0.282. The quantitative estimate of drug-likeness (QED) is 0.638. The van der Waals surface area contributed by atoms with Gasteiger partial charge in [0.2, 0.25) is 5.95 Å². The molecule has 0 aliphatic heterocycles. The van der Waals surface area contributed by atoms with E-state index in [1.807, 2.05) is 0 Å². The molecule has 0 aliphatic rings. The van der Waals surface area contributed by atoms with Crippen LogP contribution in [0, 0.1) is 0 Å². The van der Waals surface area contributed by atoms with Crippen molar-refractivity contribution in [1.82, 2.24) is 30.0 Å². The number of carbonyl (C=O) groups excluding carboxylic acids is 1. The molecule has 10 heteroatoms. The molecule has 134 valence electrons. The van der Waals surface area contributed by atoms with Crippen molar-refractivity contribution >= 4 is 39.4 Å². The fraction of sp³-hybridized carbons (Fsp3) is 0.188. The van der Waals surface area contributed by atoms with Gasteiger partial charge in [-0.25, -0.2) is 9.97 Å². The number of rotatable bonds is 5. The predicted molar refractivity (Wildman–Crippen MR) is 102 cm³/mol. The summed E-state index contributed by atoms with van der Waals surface area (Å²) in [5, 5.41) is 10.6. The molecule has 2 N–H and O–H groups in total. The highest BCUT2D eigenvalue weighted by atomic mass is 79.9. The molecule has 1 unspecified atom stereocenters. The van der Waals surface area contributed by atoms with Crippen molar-refractivity contribution in [3.63, 3.8) is 0 Å². The van der Waals surface area contributed by atoms with Gasteiger partial charge in [0.15, 0.2) is 5.82 Å². The van der Waals surface area contributed by atoms with Gasteiger partial charge >= 0.3 is 0 Å². The van der Waals surface area contributed by atoms with Crippen molar-refractivity contribution in [2.75, 3.05) is 12.4 Å². The van der Waals surface area contributed by atoms with Crippen molar-refractivity contribution in [3.05, 3.63) is 57.5 Å². The van der Waals surface area contributed by atoms with E-state index in [0.717, 1.165) is 4.47 Å². The number of halogens is 2. The first-order valence-corrected chi connectivity index (χ1v) is 8.84. The molecule has 2 aromatic heterocycles. The Hall–Kier alpha value is -2.52. The van der Waals surface area contributed by atoms with Gasteiger partial charge in [0.25, 0.3) is 11.9 Å². The van der Waals surface area contributed by atoms with Crippen molar-refractivity contribution in [3.8, 4) is 5.95 Å². The van der Waals surface area contributed by atoms with Gasteiger partial charge in [-0.15, -0.1) is 5.10 Å². The molecule has 2 heterocycles. The standard InChI is InChI=1S/C16H15BrClN7O/c1-9(22-14(26)10-6-11(17)8-12(18)7-10)13-23-15(19-2)24-25(13)16-20-4-3-5-21-16/h3-9H,1-2H3,(H,19,24)(H,22,26). The topological polar surface area (TPSA) is 97.6 Å². The second-order valence-corrected chi connectivity index (χ2v) is 6.71. The Kier molecular flexibility index (Phi) is 5.48. The van der Waals surface area contributed by atoms with Gasteiger partial charge in [0.05, 0.1) is 6.04 Å². The first-order valence-electron chi connectivity index (χ1n) is 7.67. The van der Waals surface area contributed by atoms with Crippen LogP contribution in [0.25, 0.3) is 5.95 Å². The molecule has 0 saturated heterocycles. The Labute approximate surface area is 163 Å². The van der Waals surface area contributed by atoms with Gasteiger partial charge in [-0.3, -0.25) is 4.79 Å². The lowest BCUT2D eigenvalue weighted by molar-refractivity contribution is 0.0937. The van der Waals surface area contributed by atoms with E-state index in [-0.39, 0.29) is 5.91 Å². The Morgan fingerprint density at radius 2 is 2.00 bits per heavy atom. The number of nitrogens with zero attached hydrogens (tertiary/aromatic N) is 5. The number of benzene rings is 1. The minimum atomic E-state index is -0.446. The van der Waals surface area contributed by atoms with Gasteiger partial charge in [-0.1, -0.05) is 27.5 Å². The lowest BCUT2D eigenvalue weighted by Crippen LogP contribution is -2.29. The average Bonchev–Trinajstić information content (AvgIpc) is 3.06. The minimum Gasteiger partial charge on any atom is -0.356 e. The molecule has 1 aromatic carbocycles. The summed E-state index contributed by atoms with van der Waals surface area (Å²) in [7, 11) is 1.71. The number of anilines is 1. The lowest BCUT2D eigenvalue weighted by Gasteiger charge is -2.14.